The number of hydrogen-bond donors (Lipinski definition) is 2. The maximum absolute atomic E-state index is 13.8. The SMILES string of the molecule is Cc1ccc(F)c(OC2CCC(NC(C)C)(C(N)=O)C2)c1. The molecule has 1 aromatic rings. The number of primary amides is 1. The Morgan fingerprint density at radius 3 is 2.86 bits per heavy atom. The molecular weight excluding hydrogens is 271 g/mol. The van der Waals surface area contributed by atoms with E-state index in [1.807, 2.05) is 20.8 Å². The van der Waals surface area contributed by atoms with E-state index < -0.39 is 5.54 Å². The van der Waals surface area contributed by atoms with Crippen molar-refractivity contribution in [1.29, 1.82) is 0 Å². The summed E-state index contributed by atoms with van der Waals surface area (Å²) in [5, 5.41) is 3.25. The van der Waals surface area contributed by atoms with Crippen LogP contribution in [0, 0.1) is 12.7 Å². The molecule has 0 heterocycles. The molecule has 1 aliphatic rings. The first-order valence-corrected chi connectivity index (χ1v) is 7.33. The maximum Gasteiger partial charge on any atom is 0.237 e. The average Bonchev–Trinajstić information content (AvgIpc) is 2.77. The Kier molecular flexibility index (Phi) is 4.52. The van der Waals surface area contributed by atoms with Crippen LogP contribution in [0.25, 0.3) is 0 Å². The van der Waals surface area contributed by atoms with Gasteiger partial charge in [-0.15, -0.1) is 0 Å². The largest absolute Gasteiger partial charge is 0.487 e. The fraction of sp³-hybridized carbons (Fsp3) is 0.562. The van der Waals surface area contributed by atoms with E-state index in [4.69, 9.17) is 10.5 Å². The zero-order valence-corrected chi connectivity index (χ0v) is 12.8. The van der Waals surface area contributed by atoms with E-state index in [0.29, 0.717) is 19.3 Å². The van der Waals surface area contributed by atoms with Crippen LogP contribution in [0.15, 0.2) is 18.2 Å². The van der Waals surface area contributed by atoms with Crippen LogP contribution in [0.1, 0.15) is 38.7 Å². The van der Waals surface area contributed by atoms with E-state index in [9.17, 15) is 9.18 Å². The molecular formula is C16H23FN2O2. The number of rotatable bonds is 5. The van der Waals surface area contributed by atoms with Crippen LogP contribution in [-0.4, -0.2) is 23.6 Å². The summed E-state index contributed by atoms with van der Waals surface area (Å²) in [6, 6.07) is 4.92. The number of ether oxygens (including phenoxy) is 1. The van der Waals surface area contributed by atoms with E-state index >= 15 is 0 Å². The van der Waals surface area contributed by atoms with Crippen LogP contribution in [0.3, 0.4) is 0 Å². The second-order valence-corrected chi connectivity index (χ2v) is 6.16. The summed E-state index contributed by atoms with van der Waals surface area (Å²) in [6.45, 7) is 5.83. The first-order chi connectivity index (χ1) is 9.82. The lowest BCUT2D eigenvalue weighted by molar-refractivity contribution is -0.124. The van der Waals surface area contributed by atoms with E-state index in [-0.39, 0.29) is 29.6 Å². The second kappa shape index (κ2) is 6.02. The lowest BCUT2D eigenvalue weighted by atomic mass is 9.95. The molecule has 1 aromatic carbocycles. The third-order valence-corrected chi connectivity index (χ3v) is 3.89. The minimum atomic E-state index is -0.751. The number of carbonyl (C=O) groups excluding carboxylic acids is 1. The monoisotopic (exact) mass is 294 g/mol. The number of hydrogen-bond acceptors (Lipinski definition) is 3. The summed E-state index contributed by atoms with van der Waals surface area (Å²) in [7, 11) is 0. The number of halogens is 1. The molecule has 0 aliphatic heterocycles. The highest BCUT2D eigenvalue weighted by molar-refractivity contribution is 5.85. The number of benzene rings is 1. The Labute approximate surface area is 124 Å². The molecule has 5 heteroatoms. The summed E-state index contributed by atoms with van der Waals surface area (Å²) in [5.74, 6) is -0.508. The van der Waals surface area contributed by atoms with Gasteiger partial charge in [0.05, 0.1) is 0 Å². The Morgan fingerprint density at radius 2 is 2.24 bits per heavy atom. The predicted molar refractivity (Wildman–Crippen MR) is 79.6 cm³/mol. The highest BCUT2D eigenvalue weighted by Gasteiger charge is 2.45. The van der Waals surface area contributed by atoms with Crippen molar-refractivity contribution in [2.45, 2.75) is 57.7 Å². The smallest absolute Gasteiger partial charge is 0.237 e. The van der Waals surface area contributed by atoms with Crippen LogP contribution in [0.4, 0.5) is 4.39 Å². The van der Waals surface area contributed by atoms with Crippen LogP contribution >= 0.6 is 0 Å². The molecule has 116 valence electrons. The Hall–Kier alpha value is -1.62. The molecule has 21 heavy (non-hydrogen) atoms. The van der Waals surface area contributed by atoms with E-state index in [1.54, 1.807) is 12.1 Å². The Morgan fingerprint density at radius 1 is 1.52 bits per heavy atom. The minimum absolute atomic E-state index is 0.145. The zero-order chi connectivity index (χ0) is 15.6. The van der Waals surface area contributed by atoms with Crippen LogP contribution in [-0.2, 0) is 4.79 Å². The van der Waals surface area contributed by atoms with Gasteiger partial charge in [-0.3, -0.25) is 4.79 Å². The van der Waals surface area contributed by atoms with Crippen molar-refractivity contribution >= 4 is 5.91 Å². The molecule has 1 aliphatic carbocycles. The number of carbonyl (C=O) groups is 1. The number of aryl methyl sites for hydroxylation is 1. The Bertz CT molecular complexity index is 533. The molecule has 3 N–H and O–H groups in total. The predicted octanol–water partition coefficient (Wildman–Crippen LogP) is 2.29. The molecule has 0 radical (unpaired) electrons. The molecule has 1 saturated carbocycles. The fourth-order valence-electron chi connectivity index (χ4n) is 2.96. The first kappa shape index (κ1) is 15.8. The standard InChI is InChI=1S/C16H23FN2O2/c1-10(2)19-16(15(18)20)7-6-12(9-16)21-14-8-11(3)4-5-13(14)17/h4-5,8,10,12,19H,6-7,9H2,1-3H3,(H2,18,20). The van der Waals surface area contributed by atoms with Gasteiger partial charge in [0, 0.05) is 12.5 Å². The molecule has 0 bridgehead atoms. The number of nitrogens with one attached hydrogen (secondary N) is 1. The van der Waals surface area contributed by atoms with Crippen molar-refractivity contribution in [1.82, 2.24) is 5.32 Å². The van der Waals surface area contributed by atoms with Crippen molar-refractivity contribution in [3.8, 4) is 5.75 Å². The van der Waals surface area contributed by atoms with Crippen LogP contribution in [0.2, 0.25) is 0 Å². The number of nitrogens with two attached hydrogens (primary N) is 1. The highest BCUT2D eigenvalue weighted by atomic mass is 19.1. The van der Waals surface area contributed by atoms with Gasteiger partial charge in [-0.25, -0.2) is 4.39 Å². The van der Waals surface area contributed by atoms with Gasteiger partial charge in [-0.1, -0.05) is 6.07 Å². The number of amides is 1. The zero-order valence-electron chi connectivity index (χ0n) is 12.8. The molecule has 1 fully saturated rings. The van der Waals surface area contributed by atoms with Gasteiger partial charge < -0.3 is 15.8 Å². The van der Waals surface area contributed by atoms with Crippen molar-refractivity contribution < 1.29 is 13.9 Å². The molecule has 0 saturated heterocycles. The lowest BCUT2D eigenvalue weighted by Crippen LogP contribution is -2.56. The van der Waals surface area contributed by atoms with E-state index in [0.717, 1.165) is 5.56 Å². The van der Waals surface area contributed by atoms with Gasteiger partial charge in [0.25, 0.3) is 0 Å². The summed E-state index contributed by atoms with van der Waals surface area (Å²) in [4.78, 5) is 11.8. The molecule has 0 aromatic heterocycles. The van der Waals surface area contributed by atoms with Crippen molar-refractivity contribution in [2.24, 2.45) is 5.73 Å². The quantitative estimate of drug-likeness (QED) is 0.875. The lowest BCUT2D eigenvalue weighted by Gasteiger charge is -2.29. The Balaban J connectivity index is 2.10. The highest BCUT2D eigenvalue weighted by Crippen LogP contribution is 2.34. The van der Waals surface area contributed by atoms with Crippen LogP contribution < -0.4 is 15.8 Å². The molecule has 2 unspecified atom stereocenters. The van der Waals surface area contributed by atoms with Gasteiger partial charge in [0.1, 0.15) is 11.6 Å². The van der Waals surface area contributed by atoms with Crippen molar-refractivity contribution in [2.75, 3.05) is 0 Å². The van der Waals surface area contributed by atoms with Crippen LogP contribution in [0.5, 0.6) is 5.75 Å². The molecule has 2 atom stereocenters. The third-order valence-electron chi connectivity index (χ3n) is 3.89. The van der Waals surface area contributed by atoms with Crippen molar-refractivity contribution in [3.05, 3.63) is 29.6 Å². The van der Waals surface area contributed by atoms with Crippen molar-refractivity contribution in [3.63, 3.8) is 0 Å². The van der Waals surface area contributed by atoms with Gasteiger partial charge >= 0.3 is 0 Å². The van der Waals surface area contributed by atoms with E-state index in [1.165, 1.54) is 6.07 Å². The summed E-state index contributed by atoms with van der Waals surface area (Å²) >= 11 is 0. The molecule has 4 nitrogen and oxygen atoms in total. The third kappa shape index (κ3) is 3.53. The topological polar surface area (TPSA) is 64.3 Å². The van der Waals surface area contributed by atoms with Gasteiger partial charge in [0.15, 0.2) is 11.6 Å². The van der Waals surface area contributed by atoms with E-state index in [2.05, 4.69) is 5.32 Å². The van der Waals surface area contributed by atoms with Gasteiger partial charge in [-0.05, 0) is 51.3 Å². The molecule has 1 amide bonds. The summed E-state index contributed by atoms with van der Waals surface area (Å²) in [6.07, 6.45) is 1.54. The minimum Gasteiger partial charge on any atom is -0.487 e. The normalized spacial score (nSPS) is 25.3. The second-order valence-electron chi connectivity index (χ2n) is 6.16. The maximum atomic E-state index is 13.8. The molecule has 0 spiro atoms. The fourth-order valence-corrected chi connectivity index (χ4v) is 2.96. The first-order valence-electron chi connectivity index (χ1n) is 7.33. The van der Waals surface area contributed by atoms with Gasteiger partial charge in [-0.2, -0.15) is 0 Å². The summed E-state index contributed by atoms with van der Waals surface area (Å²) < 4.78 is 19.5. The van der Waals surface area contributed by atoms with Gasteiger partial charge in [0.2, 0.25) is 5.91 Å². The molecule has 2 rings (SSSR count). The average molecular weight is 294 g/mol. The summed E-state index contributed by atoms with van der Waals surface area (Å²) in [5.41, 5.74) is 5.74.